The number of pyridine rings is 1. The van der Waals surface area contributed by atoms with Crippen LogP contribution in [-0.2, 0) is 9.53 Å². The highest BCUT2D eigenvalue weighted by atomic mass is 16.5. The molecule has 1 aliphatic rings. The molecule has 0 saturated heterocycles. The number of ether oxygens (including phenoxy) is 1. The van der Waals surface area contributed by atoms with Crippen LogP contribution in [0.5, 0.6) is 0 Å². The number of aromatic nitrogens is 1. The first-order valence-electron chi connectivity index (χ1n) is 5.52. The van der Waals surface area contributed by atoms with Crippen molar-refractivity contribution in [3.63, 3.8) is 0 Å². The lowest BCUT2D eigenvalue weighted by molar-refractivity contribution is -0.144. The lowest BCUT2D eigenvalue weighted by Crippen LogP contribution is -2.07. The van der Waals surface area contributed by atoms with Gasteiger partial charge in [-0.15, -0.1) is 0 Å². The summed E-state index contributed by atoms with van der Waals surface area (Å²) in [5.74, 6) is 0.143. The molecule has 2 atom stereocenters. The maximum atomic E-state index is 11.5. The van der Waals surface area contributed by atoms with E-state index in [9.17, 15) is 4.79 Å². The van der Waals surface area contributed by atoms with Crippen LogP contribution in [-0.4, -0.2) is 17.6 Å². The molecule has 0 radical (unpaired) electrons. The van der Waals surface area contributed by atoms with E-state index in [1.165, 1.54) is 0 Å². The Morgan fingerprint density at radius 3 is 3.19 bits per heavy atom. The van der Waals surface area contributed by atoms with Crippen LogP contribution in [0.4, 0.5) is 0 Å². The van der Waals surface area contributed by atoms with Crippen LogP contribution in [0.25, 0.3) is 6.08 Å². The lowest BCUT2D eigenvalue weighted by atomic mass is 10.2. The van der Waals surface area contributed by atoms with E-state index < -0.39 is 0 Å². The van der Waals surface area contributed by atoms with Crippen molar-refractivity contribution in [3.8, 4) is 0 Å². The van der Waals surface area contributed by atoms with E-state index in [1.807, 2.05) is 25.1 Å². The van der Waals surface area contributed by atoms with Gasteiger partial charge in [0.15, 0.2) is 0 Å². The number of nitrogens with zero attached hydrogens (tertiary/aromatic N) is 1. The fourth-order valence-electron chi connectivity index (χ4n) is 1.82. The second-order valence-electron chi connectivity index (χ2n) is 3.89. The Balaban J connectivity index is 2.05. The van der Waals surface area contributed by atoms with Crippen molar-refractivity contribution < 1.29 is 9.53 Å². The van der Waals surface area contributed by atoms with Crippen LogP contribution in [0, 0.1) is 5.92 Å². The Morgan fingerprint density at radius 2 is 2.50 bits per heavy atom. The molecule has 0 amide bonds. The molecule has 1 aromatic heterocycles. The third-order valence-electron chi connectivity index (χ3n) is 2.76. The summed E-state index contributed by atoms with van der Waals surface area (Å²) in [5, 5.41) is 0. The topological polar surface area (TPSA) is 39.2 Å². The minimum Gasteiger partial charge on any atom is -0.466 e. The van der Waals surface area contributed by atoms with Gasteiger partial charge in [-0.2, -0.15) is 0 Å². The summed E-state index contributed by atoms with van der Waals surface area (Å²) < 4.78 is 4.99. The largest absolute Gasteiger partial charge is 0.466 e. The van der Waals surface area contributed by atoms with Gasteiger partial charge in [0.2, 0.25) is 0 Å². The zero-order chi connectivity index (χ0) is 11.5. The van der Waals surface area contributed by atoms with Crippen LogP contribution in [0.15, 0.2) is 24.8 Å². The number of hydrogen-bond acceptors (Lipinski definition) is 3. The summed E-state index contributed by atoms with van der Waals surface area (Å²) in [6.07, 6.45) is 2.57. The van der Waals surface area contributed by atoms with Crippen molar-refractivity contribution in [1.29, 1.82) is 0 Å². The first kappa shape index (κ1) is 10.9. The Bertz CT molecular complexity index is 414. The molecule has 0 aromatic carbocycles. The maximum absolute atomic E-state index is 11.5. The highest BCUT2D eigenvalue weighted by Gasteiger charge is 2.46. The van der Waals surface area contributed by atoms with Crippen LogP contribution >= 0.6 is 0 Å². The fourth-order valence-corrected chi connectivity index (χ4v) is 1.82. The second kappa shape index (κ2) is 4.47. The monoisotopic (exact) mass is 217 g/mol. The Kier molecular flexibility index (Phi) is 3.04. The van der Waals surface area contributed by atoms with E-state index in [4.69, 9.17) is 4.74 Å². The molecular formula is C13H15NO2. The van der Waals surface area contributed by atoms with Gasteiger partial charge >= 0.3 is 5.97 Å². The minimum absolute atomic E-state index is 0.00696. The van der Waals surface area contributed by atoms with Gasteiger partial charge in [0.05, 0.1) is 18.2 Å². The SMILES string of the molecule is C=Cc1cccc(C2CC2C(=O)OCC)n1. The summed E-state index contributed by atoms with van der Waals surface area (Å²) in [5.41, 5.74) is 1.82. The smallest absolute Gasteiger partial charge is 0.309 e. The zero-order valence-electron chi connectivity index (χ0n) is 9.35. The first-order chi connectivity index (χ1) is 7.76. The minimum atomic E-state index is -0.0988. The Morgan fingerprint density at radius 1 is 1.69 bits per heavy atom. The van der Waals surface area contributed by atoms with Crippen molar-refractivity contribution in [2.45, 2.75) is 19.3 Å². The molecule has 1 aromatic rings. The van der Waals surface area contributed by atoms with Crippen molar-refractivity contribution in [2.75, 3.05) is 6.61 Å². The zero-order valence-corrected chi connectivity index (χ0v) is 9.35. The van der Waals surface area contributed by atoms with E-state index in [0.717, 1.165) is 17.8 Å². The average Bonchev–Trinajstić information content (AvgIpc) is 3.09. The molecule has 1 saturated carbocycles. The molecule has 0 aliphatic heterocycles. The summed E-state index contributed by atoms with van der Waals surface area (Å²) in [4.78, 5) is 15.9. The quantitative estimate of drug-likeness (QED) is 0.727. The highest BCUT2D eigenvalue weighted by molar-refractivity contribution is 5.77. The lowest BCUT2D eigenvalue weighted by Gasteiger charge is -2.01. The van der Waals surface area contributed by atoms with Crippen LogP contribution < -0.4 is 0 Å². The molecule has 0 spiro atoms. The second-order valence-corrected chi connectivity index (χ2v) is 3.89. The third-order valence-corrected chi connectivity index (χ3v) is 2.76. The third kappa shape index (κ3) is 2.13. The van der Waals surface area contributed by atoms with Gasteiger partial charge in [-0.1, -0.05) is 12.6 Å². The predicted octanol–water partition coefficient (Wildman–Crippen LogP) is 2.39. The van der Waals surface area contributed by atoms with Gasteiger partial charge in [0.1, 0.15) is 0 Å². The van der Waals surface area contributed by atoms with E-state index in [-0.39, 0.29) is 17.8 Å². The molecule has 1 fully saturated rings. The molecule has 3 nitrogen and oxygen atoms in total. The first-order valence-corrected chi connectivity index (χ1v) is 5.52. The molecule has 1 aliphatic carbocycles. The van der Waals surface area contributed by atoms with Crippen molar-refractivity contribution in [2.24, 2.45) is 5.92 Å². The van der Waals surface area contributed by atoms with E-state index in [0.29, 0.717) is 6.61 Å². The normalized spacial score (nSPS) is 22.6. The van der Waals surface area contributed by atoms with Gasteiger partial charge in [-0.25, -0.2) is 0 Å². The van der Waals surface area contributed by atoms with E-state index in [1.54, 1.807) is 6.08 Å². The van der Waals surface area contributed by atoms with Crippen molar-refractivity contribution in [3.05, 3.63) is 36.2 Å². The molecule has 1 heterocycles. The van der Waals surface area contributed by atoms with Crippen molar-refractivity contribution >= 4 is 12.0 Å². The number of carbonyl (C=O) groups excluding carboxylic acids is 1. The van der Waals surface area contributed by atoms with Crippen LogP contribution in [0.1, 0.15) is 30.7 Å². The number of esters is 1. The van der Waals surface area contributed by atoms with Gasteiger partial charge in [-0.3, -0.25) is 9.78 Å². The summed E-state index contributed by atoms with van der Waals surface area (Å²) in [6.45, 7) is 5.95. The van der Waals surface area contributed by atoms with E-state index >= 15 is 0 Å². The summed E-state index contributed by atoms with van der Waals surface area (Å²) in [7, 11) is 0. The van der Waals surface area contributed by atoms with Gasteiger partial charge < -0.3 is 4.74 Å². The molecule has 2 rings (SSSR count). The molecule has 16 heavy (non-hydrogen) atoms. The highest BCUT2D eigenvalue weighted by Crippen LogP contribution is 2.47. The maximum Gasteiger partial charge on any atom is 0.309 e. The number of rotatable bonds is 4. The van der Waals surface area contributed by atoms with Gasteiger partial charge in [-0.05, 0) is 31.6 Å². The predicted molar refractivity (Wildman–Crippen MR) is 61.8 cm³/mol. The molecule has 0 bridgehead atoms. The average molecular weight is 217 g/mol. The Labute approximate surface area is 95.2 Å². The molecule has 2 unspecified atom stereocenters. The Hall–Kier alpha value is -1.64. The van der Waals surface area contributed by atoms with Crippen LogP contribution in [0.3, 0.4) is 0 Å². The van der Waals surface area contributed by atoms with Crippen LogP contribution in [0.2, 0.25) is 0 Å². The standard InChI is InChI=1S/C13H15NO2/c1-3-9-6-5-7-12(14-9)10-8-11(10)13(15)16-4-2/h3,5-7,10-11H,1,4,8H2,2H3. The summed E-state index contributed by atoms with van der Waals surface area (Å²) in [6, 6.07) is 5.80. The molecule has 0 N–H and O–H groups in total. The van der Waals surface area contributed by atoms with Gasteiger partial charge in [0.25, 0.3) is 0 Å². The number of hydrogen-bond donors (Lipinski definition) is 0. The van der Waals surface area contributed by atoms with Gasteiger partial charge in [0, 0.05) is 11.6 Å². The number of carbonyl (C=O) groups is 1. The fraction of sp³-hybridized carbons (Fsp3) is 0.385. The van der Waals surface area contributed by atoms with Crippen molar-refractivity contribution in [1.82, 2.24) is 4.98 Å². The summed E-state index contributed by atoms with van der Waals surface area (Å²) >= 11 is 0. The molecule has 3 heteroatoms. The molecular weight excluding hydrogens is 202 g/mol. The molecule has 84 valence electrons. The van der Waals surface area contributed by atoms with E-state index in [2.05, 4.69) is 11.6 Å².